The molecule has 0 atom stereocenters. The summed E-state index contributed by atoms with van der Waals surface area (Å²) in [6.45, 7) is 1.93. The second-order valence-electron chi connectivity index (χ2n) is 0.316. The molecule has 1 nitrogen and oxygen atoms in total. The molecule has 0 aromatic rings. The number of aliphatic hydroxyl groups is 1. The van der Waals surface area contributed by atoms with E-state index in [9.17, 15) is 0 Å². The van der Waals surface area contributed by atoms with Crippen LogP contribution in [-0.4, -0.2) is 11.7 Å². The number of aliphatic hydroxyl groups excluding tert-OH is 1. The van der Waals surface area contributed by atoms with Gasteiger partial charge in [0, 0.05) is 6.61 Å². The molecule has 0 aromatic carbocycles. The first-order chi connectivity index (χ1) is 1.41. The molecule has 1 N–H and O–H groups in total. The molecule has 0 unspecified atom stereocenters. The van der Waals surface area contributed by atoms with E-state index in [1.807, 2.05) is 0 Å². The van der Waals surface area contributed by atoms with E-state index in [1.165, 1.54) is 0 Å². The van der Waals surface area contributed by atoms with Gasteiger partial charge in [-0.1, -0.05) is 0 Å². The predicted molar refractivity (Wildman–Crippen MR) is 12.8 cm³/mol. The van der Waals surface area contributed by atoms with Gasteiger partial charge in [0.25, 0.3) is 0 Å². The standard InChI is InChI=1S/C2H6O.BrH.K/c1-2-3;;/h3H,2H2,1H3;1H;/q;;+1/p-1. The predicted octanol–water partition coefficient (Wildman–Crippen LogP) is -5.99. The summed E-state index contributed by atoms with van der Waals surface area (Å²) in [5.41, 5.74) is 0. The maximum atomic E-state index is 7.57. The monoisotopic (exact) mass is 164 g/mol. The maximum absolute atomic E-state index is 7.57. The van der Waals surface area contributed by atoms with Crippen LogP contribution in [0.2, 0.25) is 0 Å². The second kappa shape index (κ2) is 16.5. The molecule has 0 heterocycles. The first-order valence-electron chi connectivity index (χ1n) is 1.02. The van der Waals surface area contributed by atoms with Gasteiger partial charge < -0.3 is 22.1 Å². The van der Waals surface area contributed by atoms with Crippen molar-refractivity contribution >= 4 is 0 Å². The zero-order chi connectivity index (χ0) is 2.71. The van der Waals surface area contributed by atoms with Crippen LogP contribution in [0.3, 0.4) is 0 Å². The summed E-state index contributed by atoms with van der Waals surface area (Å²) in [5.74, 6) is 0. The molecule has 0 aromatic heterocycles. The Hall–Kier alpha value is 2.08. The van der Waals surface area contributed by atoms with Gasteiger partial charge in [0.1, 0.15) is 0 Å². The van der Waals surface area contributed by atoms with E-state index in [4.69, 9.17) is 5.11 Å². The quantitative estimate of drug-likeness (QED) is 0.354. The number of rotatable bonds is 0. The summed E-state index contributed by atoms with van der Waals surface area (Å²) < 4.78 is 0. The van der Waals surface area contributed by atoms with Crippen LogP contribution >= 0.6 is 0 Å². The molecule has 28 valence electrons. The van der Waals surface area contributed by atoms with E-state index in [2.05, 4.69) is 0 Å². The number of halogens is 1. The van der Waals surface area contributed by atoms with Crippen LogP contribution in [0.1, 0.15) is 6.92 Å². The first-order valence-corrected chi connectivity index (χ1v) is 1.02. The summed E-state index contributed by atoms with van der Waals surface area (Å²) in [7, 11) is 0. The number of hydrogen-bond acceptors (Lipinski definition) is 1. The third-order valence-electron chi connectivity index (χ3n) is 0. The van der Waals surface area contributed by atoms with Crippen molar-refractivity contribution in [2.45, 2.75) is 6.92 Å². The van der Waals surface area contributed by atoms with Crippen LogP contribution in [0, 0.1) is 0 Å². The average molecular weight is 165 g/mol. The Kier molecular flexibility index (Phi) is 52.0. The van der Waals surface area contributed by atoms with Crippen LogP contribution in [0.5, 0.6) is 0 Å². The van der Waals surface area contributed by atoms with Gasteiger partial charge in [-0.25, -0.2) is 0 Å². The Balaban J connectivity index is -0.0000000200. The zero-order valence-corrected chi connectivity index (χ0v) is 8.24. The molecule has 5 heavy (non-hydrogen) atoms. The van der Waals surface area contributed by atoms with E-state index in [0.717, 1.165) is 0 Å². The third-order valence-corrected chi connectivity index (χ3v) is 0. The van der Waals surface area contributed by atoms with Crippen LogP contribution in [0.4, 0.5) is 0 Å². The van der Waals surface area contributed by atoms with Crippen molar-refractivity contribution in [1.82, 2.24) is 0 Å². The largest absolute Gasteiger partial charge is 1.00 e. The number of hydrogen-bond donors (Lipinski definition) is 1. The Bertz CT molecular complexity index is 9.61. The van der Waals surface area contributed by atoms with Crippen molar-refractivity contribution in [3.8, 4) is 0 Å². The summed E-state index contributed by atoms with van der Waals surface area (Å²) in [6, 6.07) is 0. The zero-order valence-electron chi connectivity index (χ0n) is 3.53. The summed E-state index contributed by atoms with van der Waals surface area (Å²) in [4.78, 5) is 0. The van der Waals surface area contributed by atoms with Crippen LogP contribution < -0.4 is 68.4 Å². The van der Waals surface area contributed by atoms with Crippen molar-refractivity contribution in [2.75, 3.05) is 6.61 Å². The average Bonchev–Trinajstić information content (AvgIpc) is 0.918. The van der Waals surface area contributed by atoms with Crippen molar-refractivity contribution in [1.29, 1.82) is 0 Å². The first kappa shape index (κ1) is 15.7. The van der Waals surface area contributed by atoms with Crippen molar-refractivity contribution < 1.29 is 73.5 Å². The van der Waals surface area contributed by atoms with E-state index < -0.39 is 0 Å². The molecule has 0 radical (unpaired) electrons. The molecule has 0 aliphatic rings. The Morgan fingerprint density at radius 2 is 1.60 bits per heavy atom. The normalized spacial score (nSPS) is 3.60. The van der Waals surface area contributed by atoms with Crippen LogP contribution in [0.15, 0.2) is 0 Å². The Morgan fingerprint density at radius 1 is 1.60 bits per heavy atom. The summed E-state index contributed by atoms with van der Waals surface area (Å²) in [5, 5.41) is 7.57. The van der Waals surface area contributed by atoms with Crippen molar-refractivity contribution in [2.24, 2.45) is 0 Å². The fourth-order valence-corrected chi connectivity index (χ4v) is 0. The van der Waals surface area contributed by atoms with Gasteiger partial charge in [-0.3, -0.25) is 0 Å². The topological polar surface area (TPSA) is 20.2 Å². The molecule has 0 saturated carbocycles. The van der Waals surface area contributed by atoms with Crippen LogP contribution in [0.25, 0.3) is 0 Å². The molecule has 3 heteroatoms. The SMILES string of the molecule is CCO.[Br-].[K+]. The van der Waals surface area contributed by atoms with E-state index in [0.29, 0.717) is 0 Å². The molecule has 0 aliphatic heterocycles. The molecular weight excluding hydrogens is 159 g/mol. The molecule has 0 rings (SSSR count). The minimum atomic E-state index is 0. The van der Waals surface area contributed by atoms with Gasteiger partial charge in [0.15, 0.2) is 0 Å². The molecule has 0 amide bonds. The van der Waals surface area contributed by atoms with Gasteiger partial charge in [0.2, 0.25) is 0 Å². The molecular formula is C2H6BrKO. The molecule has 0 aliphatic carbocycles. The van der Waals surface area contributed by atoms with Gasteiger partial charge in [-0.05, 0) is 6.92 Å². The molecule has 0 bridgehead atoms. The summed E-state index contributed by atoms with van der Waals surface area (Å²) >= 11 is 0. The Labute approximate surface area is 85.3 Å². The van der Waals surface area contributed by atoms with E-state index in [-0.39, 0.29) is 75.0 Å². The maximum Gasteiger partial charge on any atom is 1.00 e. The summed E-state index contributed by atoms with van der Waals surface area (Å²) in [6.07, 6.45) is 0. The van der Waals surface area contributed by atoms with Gasteiger partial charge in [0.05, 0.1) is 0 Å². The van der Waals surface area contributed by atoms with Crippen LogP contribution in [-0.2, 0) is 0 Å². The fourth-order valence-electron chi connectivity index (χ4n) is 0. The van der Waals surface area contributed by atoms with Crippen molar-refractivity contribution in [3.63, 3.8) is 0 Å². The van der Waals surface area contributed by atoms with Crippen molar-refractivity contribution in [3.05, 3.63) is 0 Å². The third kappa shape index (κ3) is 23.4. The molecule has 0 fully saturated rings. The van der Waals surface area contributed by atoms with Gasteiger partial charge >= 0.3 is 51.4 Å². The smallest absolute Gasteiger partial charge is 1.00 e. The van der Waals surface area contributed by atoms with E-state index in [1.54, 1.807) is 6.92 Å². The minimum absolute atomic E-state index is 0. The van der Waals surface area contributed by atoms with Gasteiger partial charge in [-0.2, -0.15) is 0 Å². The second-order valence-corrected chi connectivity index (χ2v) is 0.316. The Morgan fingerprint density at radius 3 is 1.60 bits per heavy atom. The van der Waals surface area contributed by atoms with E-state index >= 15 is 0 Å². The molecule has 0 saturated heterocycles. The van der Waals surface area contributed by atoms with Gasteiger partial charge in [-0.15, -0.1) is 0 Å². The minimum Gasteiger partial charge on any atom is -1.00 e. The fraction of sp³-hybridized carbons (Fsp3) is 1.00. The molecule has 0 spiro atoms.